The van der Waals surface area contributed by atoms with E-state index in [2.05, 4.69) is 10.4 Å². The molecule has 2 N–H and O–H groups in total. The molecule has 1 amide bonds. The second-order valence-corrected chi connectivity index (χ2v) is 4.62. The van der Waals surface area contributed by atoms with Gasteiger partial charge in [-0.1, -0.05) is 25.1 Å². The number of nitrogens with one attached hydrogen (secondary N) is 1. The molecular weight excluding hydrogens is 254 g/mol. The summed E-state index contributed by atoms with van der Waals surface area (Å²) in [5.41, 5.74) is 1.42. The number of benzene rings is 1. The Kier molecular flexibility index (Phi) is 4.90. The highest BCUT2D eigenvalue weighted by atomic mass is 16.3. The van der Waals surface area contributed by atoms with Crippen LogP contribution < -0.4 is 5.32 Å². The Morgan fingerprint density at radius 1 is 1.40 bits per heavy atom. The van der Waals surface area contributed by atoms with Gasteiger partial charge in [0.1, 0.15) is 0 Å². The molecule has 1 heterocycles. The van der Waals surface area contributed by atoms with Gasteiger partial charge in [-0.2, -0.15) is 5.10 Å². The van der Waals surface area contributed by atoms with Crippen LogP contribution in [0.5, 0.6) is 0 Å². The maximum atomic E-state index is 11.9. The highest BCUT2D eigenvalue weighted by Gasteiger charge is 2.09. The number of hydrogen-bond donors (Lipinski definition) is 2. The van der Waals surface area contributed by atoms with E-state index in [9.17, 15) is 9.90 Å². The van der Waals surface area contributed by atoms with E-state index in [4.69, 9.17) is 0 Å². The fourth-order valence-corrected chi connectivity index (χ4v) is 1.82. The van der Waals surface area contributed by atoms with Gasteiger partial charge in [0.15, 0.2) is 0 Å². The predicted molar refractivity (Wildman–Crippen MR) is 76.8 cm³/mol. The molecule has 0 fully saturated rings. The second kappa shape index (κ2) is 6.86. The maximum absolute atomic E-state index is 11.9. The van der Waals surface area contributed by atoms with Gasteiger partial charge in [-0.05, 0) is 25.0 Å². The van der Waals surface area contributed by atoms with Crippen LogP contribution in [0.25, 0.3) is 5.69 Å². The van der Waals surface area contributed by atoms with Crippen LogP contribution in [0.2, 0.25) is 0 Å². The minimum atomic E-state index is -0.359. The number of aromatic nitrogens is 2. The summed E-state index contributed by atoms with van der Waals surface area (Å²) in [4.78, 5) is 11.9. The molecule has 20 heavy (non-hydrogen) atoms. The molecule has 0 bridgehead atoms. The molecule has 2 rings (SSSR count). The lowest BCUT2D eigenvalue weighted by atomic mass is 10.2. The first-order valence-corrected chi connectivity index (χ1v) is 6.77. The molecule has 0 saturated heterocycles. The number of para-hydroxylation sites is 1. The smallest absolute Gasteiger partial charge is 0.254 e. The third-order valence-electron chi connectivity index (χ3n) is 3.10. The first-order chi connectivity index (χ1) is 9.70. The Labute approximate surface area is 118 Å². The highest BCUT2D eigenvalue weighted by Crippen LogP contribution is 2.07. The highest BCUT2D eigenvalue weighted by molar-refractivity contribution is 5.93. The summed E-state index contributed by atoms with van der Waals surface area (Å²) in [7, 11) is 0. The van der Waals surface area contributed by atoms with Crippen LogP contribution in [0.1, 0.15) is 30.1 Å². The molecule has 1 unspecified atom stereocenters. The van der Waals surface area contributed by atoms with Crippen molar-refractivity contribution in [2.24, 2.45) is 0 Å². The van der Waals surface area contributed by atoms with E-state index in [1.54, 1.807) is 17.1 Å². The van der Waals surface area contributed by atoms with Gasteiger partial charge in [0.05, 0.1) is 23.6 Å². The molecule has 0 aliphatic rings. The largest absolute Gasteiger partial charge is 0.393 e. The number of amides is 1. The number of hydrogen-bond acceptors (Lipinski definition) is 3. The summed E-state index contributed by atoms with van der Waals surface area (Å²) < 4.78 is 1.66. The van der Waals surface area contributed by atoms with Crippen LogP contribution in [0.4, 0.5) is 0 Å². The monoisotopic (exact) mass is 273 g/mol. The molecule has 0 radical (unpaired) electrons. The molecule has 0 aliphatic carbocycles. The van der Waals surface area contributed by atoms with Crippen LogP contribution >= 0.6 is 0 Å². The molecule has 1 atom stereocenters. The fraction of sp³-hybridized carbons (Fsp3) is 0.333. The number of carbonyl (C=O) groups is 1. The first-order valence-electron chi connectivity index (χ1n) is 6.77. The Morgan fingerprint density at radius 3 is 2.85 bits per heavy atom. The van der Waals surface area contributed by atoms with Gasteiger partial charge >= 0.3 is 0 Å². The summed E-state index contributed by atoms with van der Waals surface area (Å²) in [5.74, 6) is -0.171. The van der Waals surface area contributed by atoms with Crippen molar-refractivity contribution < 1.29 is 9.90 Å². The molecule has 1 aromatic carbocycles. The Balaban J connectivity index is 1.93. The van der Waals surface area contributed by atoms with Gasteiger partial charge in [-0.3, -0.25) is 4.79 Å². The number of carbonyl (C=O) groups excluding carboxylic acids is 1. The van der Waals surface area contributed by atoms with Crippen LogP contribution in [0.15, 0.2) is 42.7 Å². The lowest BCUT2D eigenvalue weighted by Crippen LogP contribution is -2.26. The van der Waals surface area contributed by atoms with Gasteiger partial charge < -0.3 is 10.4 Å². The third kappa shape index (κ3) is 3.68. The van der Waals surface area contributed by atoms with Crippen LogP contribution in [-0.2, 0) is 0 Å². The van der Waals surface area contributed by atoms with E-state index in [0.717, 1.165) is 5.69 Å². The van der Waals surface area contributed by atoms with Gasteiger partial charge in [-0.15, -0.1) is 0 Å². The molecule has 1 aromatic heterocycles. The van der Waals surface area contributed by atoms with Crippen molar-refractivity contribution in [2.75, 3.05) is 6.54 Å². The van der Waals surface area contributed by atoms with Gasteiger partial charge in [0.2, 0.25) is 0 Å². The first kappa shape index (κ1) is 14.3. The molecule has 0 saturated carbocycles. The Bertz CT molecular complexity index is 551. The van der Waals surface area contributed by atoms with Gasteiger partial charge in [0, 0.05) is 12.7 Å². The molecule has 0 spiro atoms. The van der Waals surface area contributed by atoms with Crippen molar-refractivity contribution in [3.63, 3.8) is 0 Å². The van der Waals surface area contributed by atoms with Crippen molar-refractivity contribution >= 4 is 5.91 Å². The van der Waals surface area contributed by atoms with Gasteiger partial charge in [-0.25, -0.2) is 4.68 Å². The van der Waals surface area contributed by atoms with E-state index in [-0.39, 0.29) is 12.0 Å². The van der Waals surface area contributed by atoms with Crippen molar-refractivity contribution in [3.8, 4) is 5.69 Å². The summed E-state index contributed by atoms with van der Waals surface area (Å²) in [6.45, 7) is 2.38. The summed E-state index contributed by atoms with van der Waals surface area (Å²) in [6.07, 6.45) is 4.14. The average Bonchev–Trinajstić information content (AvgIpc) is 2.97. The molecular formula is C15H19N3O2. The third-order valence-corrected chi connectivity index (χ3v) is 3.10. The zero-order chi connectivity index (χ0) is 14.4. The fourth-order valence-electron chi connectivity index (χ4n) is 1.82. The summed E-state index contributed by atoms with van der Waals surface area (Å²) >= 11 is 0. The molecule has 106 valence electrons. The number of rotatable bonds is 6. The van der Waals surface area contributed by atoms with Crippen molar-refractivity contribution in [1.82, 2.24) is 15.1 Å². The normalized spacial score (nSPS) is 12.1. The van der Waals surface area contributed by atoms with E-state index in [0.29, 0.717) is 24.9 Å². The summed E-state index contributed by atoms with van der Waals surface area (Å²) in [5, 5.41) is 16.4. The second-order valence-electron chi connectivity index (χ2n) is 4.62. The molecule has 5 heteroatoms. The lowest BCUT2D eigenvalue weighted by Gasteiger charge is -2.07. The Hall–Kier alpha value is -2.14. The van der Waals surface area contributed by atoms with E-state index >= 15 is 0 Å². The van der Waals surface area contributed by atoms with E-state index < -0.39 is 0 Å². The number of aliphatic hydroxyl groups excluding tert-OH is 1. The van der Waals surface area contributed by atoms with Crippen molar-refractivity contribution in [3.05, 3.63) is 48.3 Å². The van der Waals surface area contributed by atoms with E-state index in [1.165, 1.54) is 0 Å². The lowest BCUT2D eigenvalue weighted by molar-refractivity contribution is 0.0942. The summed E-state index contributed by atoms with van der Waals surface area (Å²) in [6, 6.07) is 9.62. The van der Waals surface area contributed by atoms with Gasteiger partial charge in [0.25, 0.3) is 5.91 Å². The molecule has 2 aromatic rings. The number of aliphatic hydroxyl groups is 1. The van der Waals surface area contributed by atoms with Crippen molar-refractivity contribution in [2.45, 2.75) is 25.9 Å². The van der Waals surface area contributed by atoms with Crippen molar-refractivity contribution in [1.29, 1.82) is 0 Å². The zero-order valence-electron chi connectivity index (χ0n) is 11.5. The zero-order valence-corrected chi connectivity index (χ0v) is 11.5. The topological polar surface area (TPSA) is 67.2 Å². The Morgan fingerprint density at radius 2 is 2.15 bits per heavy atom. The predicted octanol–water partition coefficient (Wildman–Crippen LogP) is 1.76. The van der Waals surface area contributed by atoms with E-state index in [1.807, 2.05) is 37.3 Å². The van der Waals surface area contributed by atoms with Crippen LogP contribution in [-0.4, -0.2) is 33.4 Å². The minimum absolute atomic E-state index is 0.171. The maximum Gasteiger partial charge on any atom is 0.254 e. The van der Waals surface area contributed by atoms with Crippen LogP contribution in [0, 0.1) is 0 Å². The molecule has 0 aliphatic heterocycles. The average molecular weight is 273 g/mol. The standard InChI is InChI=1S/C15H19N3O2/c1-2-14(19)8-9-16-15(20)12-10-17-18(11-12)13-6-4-3-5-7-13/h3-7,10-11,14,19H,2,8-9H2,1H3,(H,16,20). The SMILES string of the molecule is CCC(O)CCNC(=O)c1cnn(-c2ccccc2)c1. The number of nitrogens with zero attached hydrogens (tertiary/aromatic N) is 2. The molecule has 5 nitrogen and oxygen atoms in total. The van der Waals surface area contributed by atoms with Crippen LogP contribution in [0.3, 0.4) is 0 Å². The quantitative estimate of drug-likeness (QED) is 0.842. The minimum Gasteiger partial charge on any atom is -0.393 e.